The van der Waals surface area contributed by atoms with Gasteiger partial charge in [-0.25, -0.2) is 5.43 Å². The SMILES string of the molecule is CN(C[C@@H](O)[C@H](Cc1ccccc1)N(C(=O)C1=NNC(=O)C1)c1ccccc1)c1ccc2c(c1)CCC2O. The Labute approximate surface area is 222 Å². The summed E-state index contributed by atoms with van der Waals surface area (Å²) in [5.41, 5.74) is 7.10. The van der Waals surface area contributed by atoms with Gasteiger partial charge < -0.3 is 20.0 Å². The molecule has 2 aliphatic rings. The van der Waals surface area contributed by atoms with Crippen LogP contribution in [-0.4, -0.2) is 53.5 Å². The first-order chi connectivity index (χ1) is 18.4. The third kappa shape index (κ3) is 5.46. The third-order valence-corrected chi connectivity index (χ3v) is 7.28. The van der Waals surface area contributed by atoms with Gasteiger partial charge in [0.1, 0.15) is 5.71 Å². The summed E-state index contributed by atoms with van der Waals surface area (Å²) in [6.07, 6.45) is 0.491. The number of amides is 2. The van der Waals surface area contributed by atoms with E-state index in [-0.39, 0.29) is 24.6 Å². The van der Waals surface area contributed by atoms with E-state index >= 15 is 0 Å². The van der Waals surface area contributed by atoms with Gasteiger partial charge >= 0.3 is 0 Å². The molecule has 196 valence electrons. The number of carbonyl (C=O) groups excluding carboxylic acids is 2. The van der Waals surface area contributed by atoms with Gasteiger partial charge in [0.2, 0.25) is 5.91 Å². The molecule has 0 saturated carbocycles. The lowest BCUT2D eigenvalue weighted by molar-refractivity contribution is -0.119. The van der Waals surface area contributed by atoms with Crippen LogP contribution < -0.4 is 15.2 Å². The van der Waals surface area contributed by atoms with E-state index in [2.05, 4.69) is 16.6 Å². The van der Waals surface area contributed by atoms with Crippen LogP contribution in [0.5, 0.6) is 0 Å². The van der Waals surface area contributed by atoms with Crippen molar-refractivity contribution in [1.29, 1.82) is 0 Å². The van der Waals surface area contributed by atoms with Gasteiger partial charge in [-0.3, -0.25) is 9.59 Å². The molecule has 8 nitrogen and oxygen atoms in total. The number of likely N-dealkylation sites (N-methyl/N-ethyl adjacent to an activating group) is 1. The summed E-state index contributed by atoms with van der Waals surface area (Å²) < 4.78 is 0. The van der Waals surface area contributed by atoms with Crippen molar-refractivity contribution in [3.8, 4) is 0 Å². The number of rotatable bonds is 9. The maximum absolute atomic E-state index is 13.8. The molecule has 0 spiro atoms. The van der Waals surface area contributed by atoms with Crippen molar-refractivity contribution in [3.05, 3.63) is 95.6 Å². The Morgan fingerprint density at radius 2 is 1.76 bits per heavy atom. The molecule has 1 aliphatic heterocycles. The number of anilines is 2. The molecular formula is C30H32N4O4. The van der Waals surface area contributed by atoms with Gasteiger partial charge in [-0.05, 0) is 60.2 Å². The minimum Gasteiger partial charge on any atom is -0.389 e. The van der Waals surface area contributed by atoms with E-state index in [1.165, 1.54) is 0 Å². The fourth-order valence-electron chi connectivity index (χ4n) is 5.25. The molecule has 3 aromatic carbocycles. The fraction of sp³-hybridized carbons (Fsp3) is 0.300. The van der Waals surface area contributed by atoms with E-state index in [9.17, 15) is 19.8 Å². The van der Waals surface area contributed by atoms with E-state index in [4.69, 9.17) is 0 Å². The second-order valence-corrected chi connectivity index (χ2v) is 9.92. The Morgan fingerprint density at radius 1 is 1.05 bits per heavy atom. The maximum atomic E-state index is 13.8. The average Bonchev–Trinajstić information content (AvgIpc) is 3.54. The summed E-state index contributed by atoms with van der Waals surface area (Å²) in [4.78, 5) is 29.2. The van der Waals surface area contributed by atoms with Crippen LogP contribution in [0.4, 0.5) is 11.4 Å². The minimum absolute atomic E-state index is 0.100. The van der Waals surface area contributed by atoms with E-state index in [1.807, 2.05) is 84.7 Å². The van der Waals surface area contributed by atoms with Crippen molar-refractivity contribution in [2.45, 2.75) is 43.9 Å². The lowest BCUT2D eigenvalue weighted by Crippen LogP contribution is -2.53. The summed E-state index contributed by atoms with van der Waals surface area (Å²) in [5.74, 6) is -0.744. The highest BCUT2D eigenvalue weighted by Crippen LogP contribution is 2.33. The number of aliphatic hydroxyl groups excluding tert-OH is 2. The number of benzene rings is 3. The number of aliphatic hydroxyl groups is 2. The minimum atomic E-state index is -0.936. The molecule has 2 amide bonds. The standard InChI is InChI=1S/C30H32N4O4/c1-33(23-13-14-24-21(17-23)12-15-27(24)35)19-28(36)26(16-20-8-4-2-5-9-20)34(22-10-6-3-7-11-22)30(38)25-18-29(37)32-31-25/h2-11,13-14,17,26-28,35-36H,12,15-16,18-19H2,1H3,(H,32,37)/t26-,27?,28+/m0/s1. The number of hydrazone groups is 1. The summed E-state index contributed by atoms with van der Waals surface area (Å²) in [7, 11) is 1.91. The molecule has 1 aliphatic carbocycles. The van der Waals surface area contributed by atoms with Crippen LogP contribution >= 0.6 is 0 Å². The molecule has 8 heteroatoms. The first kappa shape index (κ1) is 25.6. The number of hydrogen-bond donors (Lipinski definition) is 3. The normalized spacial score (nSPS) is 17.8. The van der Waals surface area contributed by atoms with Crippen LogP contribution in [-0.2, 0) is 22.4 Å². The Morgan fingerprint density at radius 3 is 2.45 bits per heavy atom. The molecule has 3 N–H and O–H groups in total. The average molecular weight is 513 g/mol. The largest absolute Gasteiger partial charge is 0.389 e. The zero-order valence-electron chi connectivity index (χ0n) is 21.3. The number of para-hydroxylation sites is 1. The second-order valence-electron chi connectivity index (χ2n) is 9.92. The zero-order chi connectivity index (χ0) is 26.6. The van der Waals surface area contributed by atoms with Crippen LogP contribution in [0.1, 0.15) is 35.6 Å². The summed E-state index contributed by atoms with van der Waals surface area (Å²) in [6, 6.07) is 24.3. The fourth-order valence-corrected chi connectivity index (χ4v) is 5.25. The van der Waals surface area contributed by atoms with Gasteiger partial charge in [0.05, 0.1) is 24.7 Å². The number of aryl methyl sites for hydroxylation is 1. The number of fused-ring (bicyclic) bond motifs is 1. The molecule has 38 heavy (non-hydrogen) atoms. The number of nitrogens with one attached hydrogen (secondary N) is 1. The Bertz CT molecular complexity index is 1330. The Hall–Kier alpha value is -4.01. The van der Waals surface area contributed by atoms with Crippen LogP contribution in [0.2, 0.25) is 0 Å². The molecule has 3 aromatic rings. The predicted molar refractivity (Wildman–Crippen MR) is 147 cm³/mol. The maximum Gasteiger partial charge on any atom is 0.275 e. The van der Waals surface area contributed by atoms with Gasteiger partial charge in [-0.2, -0.15) is 5.10 Å². The van der Waals surface area contributed by atoms with E-state index in [0.717, 1.165) is 35.2 Å². The van der Waals surface area contributed by atoms with Crippen molar-refractivity contribution in [2.24, 2.45) is 5.10 Å². The molecule has 0 fully saturated rings. The molecule has 0 radical (unpaired) electrons. The quantitative estimate of drug-likeness (QED) is 0.409. The number of hydrogen-bond acceptors (Lipinski definition) is 6. The predicted octanol–water partition coefficient (Wildman–Crippen LogP) is 2.98. The van der Waals surface area contributed by atoms with Crippen molar-refractivity contribution in [3.63, 3.8) is 0 Å². The summed E-state index contributed by atoms with van der Waals surface area (Å²) in [6.45, 7) is 0.263. The van der Waals surface area contributed by atoms with Gasteiger partial charge in [-0.15, -0.1) is 0 Å². The summed E-state index contributed by atoms with van der Waals surface area (Å²) >= 11 is 0. The Balaban J connectivity index is 1.47. The summed E-state index contributed by atoms with van der Waals surface area (Å²) in [5, 5.41) is 25.9. The molecule has 1 heterocycles. The lowest BCUT2D eigenvalue weighted by atomic mass is 9.97. The number of nitrogens with zero attached hydrogens (tertiary/aromatic N) is 3. The van der Waals surface area contributed by atoms with Gasteiger partial charge in [-0.1, -0.05) is 54.6 Å². The van der Waals surface area contributed by atoms with Crippen molar-refractivity contribution < 1.29 is 19.8 Å². The molecular weight excluding hydrogens is 480 g/mol. The topological polar surface area (TPSA) is 105 Å². The van der Waals surface area contributed by atoms with Gasteiger partial charge in [0.15, 0.2) is 0 Å². The van der Waals surface area contributed by atoms with Crippen LogP contribution in [0.3, 0.4) is 0 Å². The molecule has 0 saturated heterocycles. The second kappa shape index (κ2) is 11.2. The van der Waals surface area contributed by atoms with E-state index in [1.54, 1.807) is 4.90 Å². The monoisotopic (exact) mass is 512 g/mol. The molecule has 0 bridgehead atoms. The van der Waals surface area contributed by atoms with Crippen molar-refractivity contribution in [1.82, 2.24) is 5.43 Å². The van der Waals surface area contributed by atoms with E-state index < -0.39 is 24.2 Å². The van der Waals surface area contributed by atoms with Crippen LogP contribution in [0.15, 0.2) is 84.0 Å². The highest BCUT2D eigenvalue weighted by Gasteiger charge is 2.36. The molecule has 5 rings (SSSR count). The van der Waals surface area contributed by atoms with Crippen LogP contribution in [0.25, 0.3) is 0 Å². The first-order valence-electron chi connectivity index (χ1n) is 12.9. The van der Waals surface area contributed by atoms with E-state index in [0.29, 0.717) is 12.1 Å². The molecule has 0 aromatic heterocycles. The van der Waals surface area contributed by atoms with Gasteiger partial charge in [0, 0.05) is 25.0 Å². The van der Waals surface area contributed by atoms with Crippen molar-refractivity contribution in [2.75, 3.05) is 23.4 Å². The molecule has 1 unspecified atom stereocenters. The van der Waals surface area contributed by atoms with Crippen LogP contribution in [0, 0.1) is 0 Å². The zero-order valence-corrected chi connectivity index (χ0v) is 21.3. The third-order valence-electron chi connectivity index (χ3n) is 7.28. The first-order valence-corrected chi connectivity index (χ1v) is 12.9. The smallest absolute Gasteiger partial charge is 0.275 e. The van der Waals surface area contributed by atoms with Crippen molar-refractivity contribution >= 4 is 28.9 Å². The van der Waals surface area contributed by atoms with Gasteiger partial charge in [0.25, 0.3) is 5.91 Å². The Kier molecular flexibility index (Phi) is 7.53. The highest BCUT2D eigenvalue weighted by atomic mass is 16.3. The molecule has 3 atom stereocenters. The highest BCUT2D eigenvalue weighted by molar-refractivity contribution is 6.47. The number of carbonyl (C=O) groups is 2. The lowest BCUT2D eigenvalue weighted by Gasteiger charge is -2.37.